The SMILES string of the molecule is N#Cc1cccc(Nc2ccc(C(=O)Nc3ccc(Cl)cc3Cl)nn2)c1. The topological polar surface area (TPSA) is 90.7 Å². The van der Waals surface area contributed by atoms with E-state index in [0.29, 0.717) is 32.8 Å². The zero-order valence-corrected chi connectivity index (χ0v) is 14.7. The molecule has 0 atom stereocenters. The Hall–Kier alpha value is -3.14. The lowest BCUT2D eigenvalue weighted by Gasteiger charge is -2.08. The van der Waals surface area contributed by atoms with Gasteiger partial charge in [-0.15, -0.1) is 10.2 Å². The molecule has 2 aromatic carbocycles. The maximum Gasteiger partial charge on any atom is 0.276 e. The van der Waals surface area contributed by atoms with E-state index in [-0.39, 0.29) is 5.69 Å². The molecule has 0 bridgehead atoms. The van der Waals surface area contributed by atoms with Gasteiger partial charge in [-0.2, -0.15) is 5.26 Å². The van der Waals surface area contributed by atoms with Crippen LogP contribution >= 0.6 is 23.2 Å². The molecule has 0 fully saturated rings. The summed E-state index contributed by atoms with van der Waals surface area (Å²) < 4.78 is 0. The number of rotatable bonds is 4. The van der Waals surface area contributed by atoms with Gasteiger partial charge in [0.05, 0.1) is 22.3 Å². The number of hydrogen-bond donors (Lipinski definition) is 2. The highest BCUT2D eigenvalue weighted by Gasteiger charge is 2.11. The fourth-order valence-electron chi connectivity index (χ4n) is 2.11. The van der Waals surface area contributed by atoms with Crippen LogP contribution in [0.1, 0.15) is 16.1 Å². The zero-order valence-electron chi connectivity index (χ0n) is 13.2. The molecule has 0 aliphatic carbocycles. The third-order valence-corrected chi connectivity index (χ3v) is 3.89. The van der Waals surface area contributed by atoms with Crippen molar-refractivity contribution in [3.05, 3.63) is 75.9 Å². The summed E-state index contributed by atoms with van der Waals surface area (Å²) >= 11 is 11.9. The average Bonchev–Trinajstić information content (AvgIpc) is 2.64. The number of carbonyl (C=O) groups is 1. The Morgan fingerprint density at radius 2 is 1.88 bits per heavy atom. The number of carbonyl (C=O) groups excluding carboxylic acids is 1. The first-order valence-electron chi connectivity index (χ1n) is 7.42. The molecule has 1 aromatic heterocycles. The van der Waals surface area contributed by atoms with Crippen molar-refractivity contribution in [2.45, 2.75) is 0 Å². The molecule has 2 N–H and O–H groups in total. The Bertz CT molecular complexity index is 999. The van der Waals surface area contributed by atoms with Crippen LogP contribution in [0.5, 0.6) is 0 Å². The number of hydrogen-bond acceptors (Lipinski definition) is 5. The average molecular weight is 384 g/mol. The molecule has 0 saturated heterocycles. The van der Waals surface area contributed by atoms with Crippen molar-refractivity contribution in [3.8, 4) is 6.07 Å². The molecule has 0 saturated carbocycles. The van der Waals surface area contributed by atoms with E-state index in [4.69, 9.17) is 28.5 Å². The smallest absolute Gasteiger partial charge is 0.276 e. The minimum Gasteiger partial charge on any atom is -0.339 e. The van der Waals surface area contributed by atoms with E-state index < -0.39 is 5.91 Å². The molecule has 3 rings (SSSR count). The Morgan fingerprint density at radius 3 is 2.58 bits per heavy atom. The Labute approximate surface area is 159 Å². The third-order valence-electron chi connectivity index (χ3n) is 3.34. The van der Waals surface area contributed by atoms with E-state index in [9.17, 15) is 4.79 Å². The van der Waals surface area contributed by atoms with E-state index in [2.05, 4.69) is 26.9 Å². The second kappa shape index (κ2) is 7.83. The molecule has 0 radical (unpaired) electrons. The summed E-state index contributed by atoms with van der Waals surface area (Å²) in [7, 11) is 0. The Kier molecular flexibility index (Phi) is 5.32. The highest BCUT2D eigenvalue weighted by Crippen LogP contribution is 2.25. The van der Waals surface area contributed by atoms with Gasteiger partial charge in [-0.25, -0.2) is 0 Å². The van der Waals surface area contributed by atoms with E-state index in [1.807, 2.05) is 0 Å². The molecule has 26 heavy (non-hydrogen) atoms. The molecular formula is C18H11Cl2N5O. The van der Waals surface area contributed by atoms with Crippen molar-refractivity contribution in [1.29, 1.82) is 5.26 Å². The van der Waals surface area contributed by atoms with Crippen LogP contribution in [0.4, 0.5) is 17.2 Å². The molecule has 6 nitrogen and oxygen atoms in total. The number of amides is 1. The molecular weight excluding hydrogens is 373 g/mol. The lowest BCUT2D eigenvalue weighted by Crippen LogP contribution is -2.14. The van der Waals surface area contributed by atoms with Crippen molar-refractivity contribution in [1.82, 2.24) is 10.2 Å². The first kappa shape index (κ1) is 17.7. The summed E-state index contributed by atoms with van der Waals surface area (Å²) in [5.74, 6) is 0.000848. The van der Waals surface area contributed by atoms with Crippen molar-refractivity contribution >= 4 is 46.3 Å². The highest BCUT2D eigenvalue weighted by atomic mass is 35.5. The molecule has 8 heteroatoms. The van der Waals surface area contributed by atoms with Gasteiger partial charge in [0.25, 0.3) is 5.91 Å². The first-order chi connectivity index (χ1) is 12.5. The second-order valence-electron chi connectivity index (χ2n) is 5.20. The molecule has 0 aliphatic rings. The van der Waals surface area contributed by atoms with Crippen LogP contribution in [-0.2, 0) is 0 Å². The van der Waals surface area contributed by atoms with Gasteiger partial charge < -0.3 is 10.6 Å². The quantitative estimate of drug-likeness (QED) is 0.683. The monoisotopic (exact) mass is 383 g/mol. The number of anilines is 3. The van der Waals surface area contributed by atoms with Gasteiger partial charge in [0.2, 0.25) is 0 Å². The van der Waals surface area contributed by atoms with Gasteiger partial charge in [0.1, 0.15) is 0 Å². The summed E-state index contributed by atoms with van der Waals surface area (Å²) in [6, 6.07) is 16.9. The predicted octanol–water partition coefficient (Wildman–Crippen LogP) is 4.65. The van der Waals surface area contributed by atoms with Gasteiger partial charge in [-0.1, -0.05) is 29.3 Å². The molecule has 3 aromatic rings. The number of aromatic nitrogens is 2. The van der Waals surface area contributed by atoms with Crippen LogP contribution < -0.4 is 10.6 Å². The van der Waals surface area contributed by atoms with E-state index in [1.54, 1.807) is 42.5 Å². The molecule has 0 aliphatic heterocycles. The fourth-order valence-corrected chi connectivity index (χ4v) is 2.57. The second-order valence-corrected chi connectivity index (χ2v) is 6.04. The van der Waals surface area contributed by atoms with Crippen LogP contribution in [0.15, 0.2) is 54.6 Å². The van der Waals surface area contributed by atoms with Gasteiger partial charge in [-0.3, -0.25) is 4.79 Å². The number of nitrogens with zero attached hydrogens (tertiary/aromatic N) is 3. The van der Waals surface area contributed by atoms with Crippen LogP contribution in [0.2, 0.25) is 10.0 Å². The fraction of sp³-hybridized carbons (Fsp3) is 0. The highest BCUT2D eigenvalue weighted by molar-refractivity contribution is 6.36. The molecule has 1 amide bonds. The summed E-state index contributed by atoms with van der Waals surface area (Å²) in [6.07, 6.45) is 0. The maximum atomic E-state index is 12.2. The summed E-state index contributed by atoms with van der Waals surface area (Å²) in [5.41, 5.74) is 1.79. The largest absolute Gasteiger partial charge is 0.339 e. The number of nitriles is 1. The van der Waals surface area contributed by atoms with E-state index in [0.717, 1.165) is 0 Å². The van der Waals surface area contributed by atoms with Crippen molar-refractivity contribution in [2.75, 3.05) is 10.6 Å². The van der Waals surface area contributed by atoms with Gasteiger partial charge in [-0.05, 0) is 48.5 Å². The third kappa shape index (κ3) is 4.28. The van der Waals surface area contributed by atoms with Crippen LogP contribution in [0.25, 0.3) is 0 Å². The first-order valence-corrected chi connectivity index (χ1v) is 8.18. The van der Waals surface area contributed by atoms with E-state index >= 15 is 0 Å². The van der Waals surface area contributed by atoms with Gasteiger partial charge in [0.15, 0.2) is 11.5 Å². The summed E-state index contributed by atoms with van der Waals surface area (Å²) in [6.45, 7) is 0. The lowest BCUT2D eigenvalue weighted by atomic mass is 10.2. The molecule has 128 valence electrons. The Morgan fingerprint density at radius 1 is 1.04 bits per heavy atom. The van der Waals surface area contributed by atoms with E-state index in [1.165, 1.54) is 12.1 Å². The standard InChI is InChI=1S/C18H11Cl2N5O/c19-12-4-5-15(14(20)9-12)23-18(26)16-6-7-17(25-24-16)22-13-3-1-2-11(8-13)10-21/h1-9H,(H,22,25)(H,23,26). The minimum atomic E-state index is -0.445. The van der Waals surface area contributed by atoms with Crippen LogP contribution in [0.3, 0.4) is 0 Å². The van der Waals surface area contributed by atoms with Crippen LogP contribution in [0, 0.1) is 11.3 Å². The zero-order chi connectivity index (χ0) is 18.5. The van der Waals surface area contributed by atoms with Crippen molar-refractivity contribution in [3.63, 3.8) is 0 Å². The normalized spacial score (nSPS) is 10.0. The van der Waals surface area contributed by atoms with Gasteiger partial charge in [0, 0.05) is 10.7 Å². The number of benzene rings is 2. The van der Waals surface area contributed by atoms with Crippen LogP contribution in [-0.4, -0.2) is 16.1 Å². The van der Waals surface area contributed by atoms with Crippen molar-refractivity contribution in [2.24, 2.45) is 0 Å². The van der Waals surface area contributed by atoms with Crippen molar-refractivity contribution < 1.29 is 4.79 Å². The molecule has 0 unspecified atom stereocenters. The Balaban J connectivity index is 1.70. The predicted molar refractivity (Wildman–Crippen MR) is 101 cm³/mol. The number of nitrogens with one attached hydrogen (secondary N) is 2. The molecule has 0 spiro atoms. The minimum absolute atomic E-state index is 0.132. The lowest BCUT2D eigenvalue weighted by molar-refractivity contribution is 0.102. The number of halogens is 2. The summed E-state index contributed by atoms with van der Waals surface area (Å²) in [4.78, 5) is 12.2. The summed E-state index contributed by atoms with van der Waals surface area (Å²) in [5, 5.41) is 23.3. The molecule has 1 heterocycles. The van der Waals surface area contributed by atoms with Gasteiger partial charge >= 0.3 is 0 Å². The maximum absolute atomic E-state index is 12.2.